The molecule has 1 aromatic heterocycles. The van der Waals surface area contributed by atoms with Crippen molar-refractivity contribution in [3.63, 3.8) is 0 Å². The van der Waals surface area contributed by atoms with Crippen LogP contribution in [0.1, 0.15) is 15.9 Å². The molecule has 1 heterocycles. The Bertz CT molecular complexity index is 1490. The van der Waals surface area contributed by atoms with E-state index in [1.165, 1.54) is 24.3 Å². The Morgan fingerprint density at radius 3 is 1.89 bits per heavy atom. The van der Waals surface area contributed by atoms with Gasteiger partial charge in [0.15, 0.2) is 5.78 Å². The molecule has 1 N–H and O–H groups in total. The first kappa shape index (κ1) is 23.1. The molecule has 5 aromatic rings. The second-order valence-electron chi connectivity index (χ2n) is 8.19. The summed E-state index contributed by atoms with van der Waals surface area (Å²) in [6.45, 7) is 0. The standard InChI is InChI=1S/C30H23FN2O3/c1-35-25-16-23(17-26(18-25)36-2)30-32-27(19-6-4-3-5-7-19)28(33-30)20-8-10-21(11-9-20)29(34)22-12-14-24(31)15-13-22/h3-18H,1-2H3,(H,32,33). The van der Waals surface area contributed by atoms with Crippen LogP contribution in [-0.2, 0) is 0 Å². The van der Waals surface area contributed by atoms with E-state index in [1.807, 2.05) is 60.7 Å². The summed E-state index contributed by atoms with van der Waals surface area (Å²) in [5.41, 5.74) is 5.20. The Balaban J connectivity index is 1.57. The van der Waals surface area contributed by atoms with Crippen LogP contribution in [0.4, 0.5) is 4.39 Å². The molecule has 36 heavy (non-hydrogen) atoms. The van der Waals surface area contributed by atoms with Crippen molar-refractivity contribution in [1.29, 1.82) is 0 Å². The van der Waals surface area contributed by atoms with Gasteiger partial charge in [-0.05, 0) is 36.4 Å². The number of ether oxygens (including phenoxy) is 2. The molecule has 6 heteroatoms. The maximum absolute atomic E-state index is 13.2. The number of benzene rings is 4. The summed E-state index contributed by atoms with van der Waals surface area (Å²) < 4.78 is 24.1. The fourth-order valence-corrected chi connectivity index (χ4v) is 4.02. The van der Waals surface area contributed by atoms with Gasteiger partial charge in [-0.2, -0.15) is 0 Å². The largest absolute Gasteiger partial charge is 0.497 e. The van der Waals surface area contributed by atoms with E-state index in [9.17, 15) is 9.18 Å². The van der Waals surface area contributed by atoms with E-state index < -0.39 is 0 Å². The minimum absolute atomic E-state index is 0.168. The highest BCUT2D eigenvalue weighted by molar-refractivity contribution is 6.09. The fraction of sp³-hybridized carbons (Fsp3) is 0.0667. The van der Waals surface area contributed by atoms with Gasteiger partial charge in [0.2, 0.25) is 0 Å². The van der Waals surface area contributed by atoms with Crippen molar-refractivity contribution >= 4 is 5.78 Å². The molecule has 5 rings (SSSR count). The van der Waals surface area contributed by atoms with Gasteiger partial charge in [0.1, 0.15) is 23.1 Å². The highest BCUT2D eigenvalue weighted by atomic mass is 19.1. The van der Waals surface area contributed by atoms with E-state index in [0.717, 1.165) is 28.1 Å². The number of carbonyl (C=O) groups is 1. The molecule has 0 saturated carbocycles. The molecular formula is C30H23FN2O3. The van der Waals surface area contributed by atoms with Crippen LogP contribution in [0.3, 0.4) is 0 Å². The third kappa shape index (κ3) is 4.61. The van der Waals surface area contributed by atoms with Crippen molar-refractivity contribution in [2.75, 3.05) is 14.2 Å². The number of methoxy groups -OCH3 is 2. The molecule has 0 bridgehead atoms. The number of H-pyrrole nitrogens is 1. The first-order valence-electron chi connectivity index (χ1n) is 11.4. The highest BCUT2D eigenvalue weighted by Crippen LogP contribution is 2.35. The minimum atomic E-state index is -0.376. The number of rotatable bonds is 7. The average Bonchev–Trinajstić information content (AvgIpc) is 3.39. The third-order valence-corrected chi connectivity index (χ3v) is 5.92. The minimum Gasteiger partial charge on any atom is -0.497 e. The molecule has 0 aliphatic carbocycles. The smallest absolute Gasteiger partial charge is 0.193 e. The molecule has 4 aromatic carbocycles. The van der Waals surface area contributed by atoms with Crippen molar-refractivity contribution in [3.8, 4) is 45.4 Å². The third-order valence-electron chi connectivity index (χ3n) is 5.92. The predicted octanol–water partition coefficient (Wildman–Crippen LogP) is 6.80. The quantitative estimate of drug-likeness (QED) is 0.261. The number of imidazole rings is 1. The maximum Gasteiger partial charge on any atom is 0.193 e. The molecule has 0 saturated heterocycles. The normalized spacial score (nSPS) is 10.8. The average molecular weight is 479 g/mol. The lowest BCUT2D eigenvalue weighted by Crippen LogP contribution is -2.01. The van der Waals surface area contributed by atoms with Gasteiger partial charge >= 0.3 is 0 Å². The number of aromatic amines is 1. The van der Waals surface area contributed by atoms with E-state index in [1.54, 1.807) is 26.4 Å². The lowest BCUT2D eigenvalue weighted by atomic mass is 10.00. The topological polar surface area (TPSA) is 64.2 Å². The highest BCUT2D eigenvalue weighted by Gasteiger charge is 2.17. The zero-order valence-electron chi connectivity index (χ0n) is 19.8. The molecule has 0 spiro atoms. The number of aromatic nitrogens is 2. The van der Waals surface area contributed by atoms with Crippen LogP contribution in [0.25, 0.3) is 33.9 Å². The molecule has 0 atom stereocenters. The van der Waals surface area contributed by atoms with E-state index >= 15 is 0 Å². The Hall–Kier alpha value is -4.71. The molecule has 0 fully saturated rings. The van der Waals surface area contributed by atoms with Gasteiger partial charge in [0, 0.05) is 33.9 Å². The van der Waals surface area contributed by atoms with E-state index in [0.29, 0.717) is 28.5 Å². The second-order valence-corrected chi connectivity index (χ2v) is 8.19. The molecule has 0 radical (unpaired) electrons. The molecule has 0 aliphatic rings. The molecule has 0 unspecified atom stereocenters. The van der Waals surface area contributed by atoms with Gasteiger partial charge in [0.25, 0.3) is 0 Å². The molecular weight excluding hydrogens is 455 g/mol. The van der Waals surface area contributed by atoms with Crippen molar-refractivity contribution in [3.05, 3.63) is 114 Å². The van der Waals surface area contributed by atoms with Gasteiger partial charge < -0.3 is 14.5 Å². The first-order valence-corrected chi connectivity index (χ1v) is 11.4. The van der Waals surface area contributed by atoms with Gasteiger partial charge in [-0.25, -0.2) is 9.37 Å². The Labute approximate surface area is 208 Å². The van der Waals surface area contributed by atoms with Crippen LogP contribution < -0.4 is 9.47 Å². The van der Waals surface area contributed by atoms with Gasteiger partial charge in [-0.3, -0.25) is 4.79 Å². The van der Waals surface area contributed by atoms with Crippen LogP contribution in [0, 0.1) is 5.82 Å². The number of halogens is 1. The van der Waals surface area contributed by atoms with Crippen molar-refractivity contribution in [2.45, 2.75) is 0 Å². The summed E-state index contributed by atoms with van der Waals surface area (Å²) in [5.74, 6) is 1.43. The number of hydrogen-bond acceptors (Lipinski definition) is 4. The first-order chi connectivity index (χ1) is 17.6. The fourth-order valence-electron chi connectivity index (χ4n) is 4.02. The monoisotopic (exact) mass is 478 g/mol. The lowest BCUT2D eigenvalue weighted by Gasteiger charge is -2.07. The van der Waals surface area contributed by atoms with E-state index in [2.05, 4.69) is 4.98 Å². The number of carbonyl (C=O) groups excluding carboxylic acids is 1. The Kier molecular flexibility index (Phi) is 6.33. The number of hydrogen-bond donors (Lipinski definition) is 1. The SMILES string of the molecule is COc1cc(OC)cc(-c2nc(-c3ccccc3)c(-c3ccc(C(=O)c4ccc(F)cc4)cc3)[nH]2)c1. The van der Waals surface area contributed by atoms with Crippen molar-refractivity contribution in [1.82, 2.24) is 9.97 Å². The van der Waals surface area contributed by atoms with Crippen LogP contribution in [-0.4, -0.2) is 30.0 Å². The summed E-state index contributed by atoms with van der Waals surface area (Å²) in [7, 11) is 3.21. The molecule has 0 amide bonds. The number of nitrogens with one attached hydrogen (secondary N) is 1. The maximum atomic E-state index is 13.2. The molecule has 0 aliphatic heterocycles. The van der Waals surface area contributed by atoms with Gasteiger partial charge in [-0.1, -0.05) is 54.6 Å². The van der Waals surface area contributed by atoms with E-state index in [-0.39, 0.29) is 11.6 Å². The summed E-state index contributed by atoms with van der Waals surface area (Å²) in [6, 6.07) is 28.3. The van der Waals surface area contributed by atoms with Crippen LogP contribution in [0.15, 0.2) is 97.1 Å². The number of nitrogens with zero attached hydrogens (tertiary/aromatic N) is 1. The van der Waals surface area contributed by atoms with Gasteiger partial charge in [-0.15, -0.1) is 0 Å². The second kappa shape index (κ2) is 9.88. The number of ketones is 1. The van der Waals surface area contributed by atoms with Crippen molar-refractivity contribution in [2.24, 2.45) is 0 Å². The summed E-state index contributed by atoms with van der Waals surface area (Å²) >= 11 is 0. The van der Waals surface area contributed by atoms with Crippen LogP contribution >= 0.6 is 0 Å². The Morgan fingerprint density at radius 1 is 0.722 bits per heavy atom. The summed E-state index contributed by atoms with van der Waals surface area (Å²) in [5, 5.41) is 0. The zero-order chi connectivity index (χ0) is 25.1. The summed E-state index contributed by atoms with van der Waals surface area (Å²) in [6.07, 6.45) is 0. The van der Waals surface area contributed by atoms with Gasteiger partial charge in [0.05, 0.1) is 25.6 Å². The van der Waals surface area contributed by atoms with Crippen LogP contribution in [0.5, 0.6) is 11.5 Å². The molecule has 5 nitrogen and oxygen atoms in total. The summed E-state index contributed by atoms with van der Waals surface area (Å²) in [4.78, 5) is 21.2. The van der Waals surface area contributed by atoms with Crippen LogP contribution in [0.2, 0.25) is 0 Å². The Morgan fingerprint density at radius 2 is 1.31 bits per heavy atom. The molecule has 178 valence electrons. The van der Waals surface area contributed by atoms with Crippen molar-refractivity contribution < 1.29 is 18.7 Å². The predicted molar refractivity (Wildman–Crippen MR) is 138 cm³/mol. The zero-order valence-corrected chi connectivity index (χ0v) is 19.8. The van der Waals surface area contributed by atoms with E-state index in [4.69, 9.17) is 14.5 Å². The lowest BCUT2D eigenvalue weighted by molar-refractivity contribution is 0.103.